The van der Waals surface area contributed by atoms with Gasteiger partial charge in [-0.3, -0.25) is 9.59 Å². The zero-order valence-corrected chi connectivity index (χ0v) is 14.8. The number of aryl methyl sites for hydroxylation is 1. The van der Waals surface area contributed by atoms with Gasteiger partial charge in [-0.25, -0.2) is 0 Å². The molecule has 26 heavy (non-hydrogen) atoms. The number of carbonyl (C=O) groups is 2. The largest absolute Gasteiger partial charge is 0.435 e. The highest BCUT2D eigenvalue weighted by molar-refractivity contribution is 8.01. The molecule has 0 saturated carbocycles. The normalized spacial score (nSPS) is 11.9. The topological polar surface area (TPSA) is 93.5 Å². The number of rotatable bonds is 8. The summed E-state index contributed by atoms with van der Waals surface area (Å²) in [4.78, 5) is 23.9. The first kappa shape index (κ1) is 19.7. The predicted molar refractivity (Wildman–Crippen MR) is 93.5 cm³/mol. The molecule has 1 aromatic heterocycles. The smallest absolute Gasteiger partial charge is 0.387 e. The number of carbonyl (C=O) groups excluding carboxylic acids is 2. The minimum atomic E-state index is -2.90. The van der Waals surface area contributed by atoms with Crippen LogP contribution in [-0.2, 0) is 9.59 Å². The van der Waals surface area contributed by atoms with Crippen LogP contribution in [0.25, 0.3) is 0 Å². The van der Waals surface area contributed by atoms with Crippen LogP contribution in [-0.4, -0.2) is 34.6 Å². The number of thioether (sulfide) groups is 1. The Morgan fingerprint density at radius 1 is 1.27 bits per heavy atom. The third kappa shape index (κ3) is 6.36. The predicted octanol–water partition coefficient (Wildman–Crippen LogP) is 3.28. The van der Waals surface area contributed by atoms with E-state index in [0.717, 1.165) is 11.8 Å². The van der Waals surface area contributed by atoms with E-state index in [9.17, 15) is 18.4 Å². The molecule has 0 saturated heterocycles. The summed E-state index contributed by atoms with van der Waals surface area (Å²) in [7, 11) is 0. The first-order valence-corrected chi connectivity index (χ1v) is 8.59. The van der Waals surface area contributed by atoms with Gasteiger partial charge in [0.2, 0.25) is 11.8 Å². The van der Waals surface area contributed by atoms with Gasteiger partial charge < -0.3 is 19.9 Å². The average Bonchev–Trinajstić information content (AvgIpc) is 2.98. The molecule has 0 fully saturated rings. The Morgan fingerprint density at radius 3 is 2.54 bits per heavy atom. The van der Waals surface area contributed by atoms with E-state index in [0.29, 0.717) is 17.3 Å². The molecule has 10 heteroatoms. The van der Waals surface area contributed by atoms with Crippen molar-refractivity contribution in [1.82, 2.24) is 5.16 Å². The number of amides is 2. The molecule has 0 aliphatic carbocycles. The Kier molecular flexibility index (Phi) is 6.96. The molecule has 0 radical (unpaired) electrons. The van der Waals surface area contributed by atoms with Crippen molar-refractivity contribution in [1.29, 1.82) is 0 Å². The maximum absolute atomic E-state index is 12.1. The Labute approximate surface area is 152 Å². The van der Waals surface area contributed by atoms with Gasteiger partial charge in [-0.15, -0.1) is 11.8 Å². The highest BCUT2D eigenvalue weighted by Gasteiger charge is 2.17. The molecule has 0 spiro atoms. The van der Waals surface area contributed by atoms with Gasteiger partial charge in [0.1, 0.15) is 11.5 Å². The van der Waals surface area contributed by atoms with Crippen molar-refractivity contribution >= 4 is 35.1 Å². The van der Waals surface area contributed by atoms with Crippen LogP contribution < -0.4 is 15.4 Å². The number of anilines is 2. The summed E-state index contributed by atoms with van der Waals surface area (Å²) in [5.74, 6) is 0.308. The number of halogens is 2. The molecule has 140 valence electrons. The lowest BCUT2D eigenvalue weighted by Crippen LogP contribution is -2.25. The number of hydrogen-bond acceptors (Lipinski definition) is 6. The monoisotopic (exact) mass is 385 g/mol. The minimum absolute atomic E-state index is 0.000704. The first-order valence-electron chi connectivity index (χ1n) is 7.54. The third-order valence-electron chi connectivity index (χ3n) is 3.08. The molecule has 0 unspecified atom stereocenters. The van der Waals surface area contributed by atoms with Crippen LogP contribution in [0.3, 0.4) is 0 Å². The molecule has 0 aliphatic heterocycles. The number of benzene rings is 1. The fourth-order valence-corrected chi connectivity index (χ4v) is 2.53. The lowest BCUT2D eigenvalue weighted by molar-refractivity contribution is -0.115. The second kappa shape index (κ2) is 9.18. The molecule has 1 heterocycles. The Balaban J connectivity index is 1.76. The Hall–Kier alpha value is -2.62. The molecular formula is C16H17F2N3O4S. The van der Waals surface area contributed by atoms with E-state index < -0.39 is 11.9 Å². The van der Waals surface area contributed by atoms with Gasteiger partial charge in [0.15, 0.2) is 5.82 Å². The summed E-state index contributed by atoms with van der Waals surface area (Å²) in [6, 6.07) is 7.13. The SMILES string of the molecule is Cc1cc(NC(=O)[C@H](C)SCC(=O)Nc2ccc(OC(F)F)cc2)no1. The summed E-state index contributed by atoms with van der Waals surface area (Å²) < 4.78 is 33.2. The van der Waals surface area contributed by atoms with Crippen LogP contribution in [0.2, 0.25) is 0 Å². The van der Waals surface area contributed by atoms with Gasteiger partial charge in [-0.1, -0.05) is 5.16 Å². The van der Waals surface area contributed by atoms with E-state index >= 15 is 0 Å². The van der Waals surface area contributed by atoms with Crippen LogP contribution in [0.1, 0.15) is 12.7 Å². The number of nitrogens with one attached hydrogen (secondary N) is 2. The molecule has 0 aliphatic rings. The number of alkyl halides is 2. The van der Waals surface area contributed by atoms with Gasteiger partial charge in [-0.05, 0) is 38.1 Å². The first-order chi connectivity index (χ1) is 12.3. The van der Waals surface area contributed by atoms with Crippen molar-refractivity contribution in [2.75, 3.05) is 16.4 Å². The summed E-state index contributed by atoms with van der Waals surface area (Å²) in [6.45, 7) is 0.467. The van der Waals surface area contributed by atoms with Gasteiger partial charge >= 0.3 is 6.61 Å². The summed E-state index contributed by atoms with van der Waals surface area (Å²) in [5.41, 5.74) is 0.437. The van der Waals surface area contributed by atoms with E-state index in [-0.39, 0.29) is 23.3 Å². The lowest BCUT2D eigenvalue weighted by Gasteiger charge is -2.11. The maximum Gasteiger partial charge on any atom is 0.387 e. The van der Waals surface area contributed by atoms with Crippen LogP contribution in [0.4, 0.5) is 20.3 Å². The van der Waals surface area contributed by atoms with Crippen LogP contribution in [0, 0.1) is 6.92 Å². The van der Waals surface area contributed by atoms with E-state index in [2.05, 4.69) is 20.5 Å². The van der Waals surface area contributed by atoms with Crippen LogP contribution in [0.5, 0.6) is 5.75 Å². The number of ether oxygens (including phenoxy) is 1. The fraction of sp³-hybridized carbons (Fsp3) is 0.312. The van der Waals surface area contributed by atoms with Crippen LogP contribution in [0.15, 0.2) is 34.9 Å². The Bertz CT molecular complexity index is 752. The highest BCUT2D eigenvalue weighted by atomic mass is 32.2. The standard InChI is InChI=1S/C16H17F2N3O4S/c1-9-7-13(21-25-9)20-15(23)10(2)26-8-14(22)19-11-3-5-12(6-4-11)24-16(17)18/h3-7,10,16H,8H2,1-2H3,(H,19,22)(H,20,21,23)/t10-/m0/s1. The van der Waals surface area contributed by atoms with Gasteiger partial charge in [-0.2, -0.15) is 8.78 Å². The zero-order valence-electron chi connectivity index (χ0n) is 14.0. The van der Waals surface area contributed by atoms with E-state index in [1.165, 1.54) is 24.3 Å². The minimum Gasteiger partial charge on any atom is -0.435 e. The van der Waals surface area contributed by atoms with Crippen molar-refractivity contribution < 1.29 is 27.6 Å². The van der Waals surface area contributed by atoms with Crippen molar-refractivity contribution in [2.45, 2.75) is 25.7 Å². The van der Waals surface area contributed by atoms with Gasteiger partial charge in [0.25, 0.3) is 0 Å². The maximum atomic E-state index is 12.1. The fourth-order valence-electron chi connectivity index (χ4n) is 1.85. The molecule has 1 atom stereocenters. The van der Waals surface area contributed by atoms with Crippen molar-refractivity contribution in [3.8, 4) is 5.75 Å². The quantitative estimate of drug-likeness (QED) is 0.724. The molecule has 2 rings (SSSR count). The van der Waals surface area contributed by atoms with Crippen LogP contribution >= 0.6 is 11.8 Å². The average molecular weight is 385 g/mol. The van der Waals surface area contributed by atoms with Crippen molar-refractivity contribution in [3.63, 3.8) is 0 Å². The molecule has 2 N–H and O–H groups in total. The molecule has 7 nitrogen and oxygen atoms in total. The molecular weight excluding hydrogens is 368 g/mol. The molecule has 1 aromatic carbocycles. The highest BCUT2D eigenvalue weighted by Crippen LogP contribution is 2.19. The summed E-state index contributed by atoms with van der Waals surface area (Å²) in [5, 5.41) is 8.37. The van der Waals surface area contributed by atoms with Gasteiger partial charge in [0.05, 0.1) is 11.0 Å². The van der Waals surface area contributed by atoms with Crippen molar-refractivity contribution in [2.24, 2.45) is 0 Å². The number of nitrogens with zero attached hydrogens (tertiary/aromatic N) is 1. The molecule has 2 aromatic rings. The van der Waals surface area contributed by atoms with Gasteiger partial charge in [0, 0.05) is 11.8 Å². The lowest BCUT2D eigenvalue weighted by atomic mass is 10.3. The van der Waals surface area contributed by atoms with E-state index in [1.54, 1.807) is 19.9 Å². The second-order valence-corrected chi connectivity index (χ2v) is 6.55. The van der Waals surface area contributed by atoms with Crippen molar-refractivity contribution in [3.05, 3.63) is 36.1 Å². The number of aromatic nitrogens is 1. The van der Waals surface area contributed by atoms with E-state index in [4.69, 9.17) is 4.52 Å². The zero-order chi connectivity index (χ0) is 19.1. The summed E-state index contributed by atoms with van der Waals surface area (Å²) >= 11 is 1.14. The Morgan fingerprint density at radius 2 is 1.96 bits per heavy atom. The molecule has 0 bridgehead atoms. The molecule has 2 amide bonds. The second-order valence-electron chi connectivity index (χ2n) is 5.22. The summed E-state index contributed by atoms with van der Waals surface area (Å²) in [6.07, 6.45) is 0. The number of hydrogen-bond donors (Lipinski definition) is 2. The third-order valence-corrected chi connectivity index (χ3v) is 4.22. The van der Waals surface area contributed by atoms with E-state index in [1.807, 2.05) is 0 Å².